The van der Waals surface area contributed by atoms with Crippen molar-refractivity contribution in [2.45, 2.75) is 31.7 Å². The Bertz CT molecular complexity index is 913. The molecule has 2 heterocycles. The van der Waals surface area contributed by atoms with Crippen molar-refractivity contribution in [1.82, 2.24) is 4.90 Å². The SMILES string of the molecule is O=C(O)c1c(OC2CN(C(=O)CCc3ccccc3)C2)ccc2c1OB(O)CC2. The van der Waals surface area contributed by atoms with Gasteiger partial charge in [-0.15, -0.1) is 0 Å². The molecule has 0 unspecified atom stereocenters. The van der Waals surface area contributed by atoms with Crippen molar-refractivity contribution >= 4 is 19.0 Å². The number of carbonyl (C=O) groups is 2. The topological polar surface area (TPSA) is 96.3 Å². The molecule has 1 amide bonds. The van der Waals surface area contributed by atoms with Crippen LogP contribution in [-0.4, -0.2) is 53.2 Å². The van der Waals surface area contributed by atoms with Crippen molar-refractivity contribution in [1.29, 1.82) is 0 Å². The number of benzene rings is 2. The quantitative estimate of drug-likeness (QED) is 0.727. The van der Waals surface area contributed by atoms with Gasteiger partial charge in [-0.25, -0.2) is 4.79 Å². The van der Waals surface area contributed by atoms with Crippen LogP contribution in [0.4, 0.5) is 0 Å². The molecular formula is C21H22BNO6. The summed E-state index contributed by atoms with van der Waals surface area (Å²) < 4.78 is 11.2. The predicted octanol–water partition coefficient (Wildman–Crippen LogP) is 2.02. The summed E-state index contributed by atoms with van der Waals surface area (Å²) in [5.41, 5.74) is 1.79. The second-order valence-corrected chi connectivity index (χ2v) is 7.37. The molecule has 2 aromatic carbocycles. The van der Waals surface area contributed by atoms with E-state index in [0.717, 1.165) is 11.1 Å². The number of nitrogens with zero attached hydrogens (tertiary/aromatic N) is 1. The first-order valence-electron chi connectivity index (χ1n) is 9.73. The molecule has 29 heavy (non-hydrogen) atoms. The van der Waals surface area contributed by atoms with Crippen molar-refractivity contribution in [3.05, 3.63) is 59.2 Å². The Labute approximate surface area is 169 Å². The van der Waals surface area contributed by atoms with E-state index in [9.17, 15) is 19.7 Å². The zero-order chi connectivity index (χ0) is 20.4. The molecule has 0 aromatic heterocycles. The summed E-state index contributed by atoms with van der Waals surface area (Å²) in [5, 5.41) is 19.3. The molecule has 7 nitrogen and oxygen atoms in total. The highest BCUT2D eigenvalue weighted by Gasteiger charge is 2.35. The summed E-state index contributed by atoms with van der Waals surface area (Å²) in [5.74, 6) is -0.735. The number of hydrogen-bond donors (Lipinski definition) is 2. The lowest BCUT2D eigenvalue weighted by molar-refractivity contribution is -0.139. The molecule has 4 rings (SSSR count). The molecule has 8 heteroatoms. The molecule has 1 saturated heterocycles. The van der Waals surface area contributed by atoms with E-state index in [1.807, 2.05) is 30.3 Å². The Morgan fingerprint density at radius 3 is 2.66 bits per heavy atom. The van der Waals surface area contributed by atoms with Gasteiger partial charge < -0.3 is 24.4 Å². The van der Waals surface area contributed by atoms with Crippen LogP contribution in [0.5, 0.6) is 11.5 Å². The minimum Gasteiger partial charge on any atom is -0.535 e. The number of fused-ring (bicyclic) bond motifs is 1. The van der Waals surface area contributed by atoms with Crippen molar-refractivity contribution in [3.8, 4) is 11.5 Å². The zero-order valence-electron chi connectivity index (χ0n) is 15.9. The molecule has 2 N–H and O–H groups in total. The molecule has 0 atom stereocenters. The Hall–Kier alpha value is -3.00. The van der Waals surface area contributed by atoms with E-state index in [1.54, 1.807) is 17.0 Å². The first-order valence-corrected chi connectivity index (χ1v) is 9.73. The van der Waals surface area contributed by atoms with Crippen molar-refractivity contribution in [3.63, 3.8) is 0 Å². The Kier molecular flexibility index (Phi) is 5.44. The van der Waals surface area contributed by atoms with Gasteiger partial charge in [-0.2, -0.15) is 0 Å². The van der Waals surface area contributed by atoms with Gasteiger partial charge in [-0.1, -0.05) is 36.4 Å². The minimum absolute atomic E-state index is 0.0593. The average Bonchev–Trinajstić information content (AvgIpc) is 2.68. The van der Waals surface area contributed by atoms with E-state index in [1.165, 1.54) is 0 Å². The van der Waals surface area contributed by atoms with E-state index in [4.69, 9.17) is 9.39 Å². The van der Waals surface area contributed by atoms with Crippen LogP contribution in [0.1, 0.15) is 27.9 Å². The van der Waals surface area contributed by atoms with Crippen LogP contribution < -0.4 is 9.39 Å². The van der Waals surface area contributed by atoms with E-state index >= 15 is 0 Å². The number of rotatable bonds is 6. The third-order valence-electron chi connectivity index (χ3n) is 5.29. The number of hydrogen-bond acceptors (Lipinski definition) is 5. The summed E-state index contributed by atoms with van der Waals surface area (Å²) in [6.45, 7) is 0.848. The maximum atomic E-state index is 12.3. The maximum Gasteiger partial charge on any atom is 0.522 e. The lowest BCUT2D eigenvalue weighted by atomic mass is 9.78. The van der Waals surface area contributed by atoms with Crippen molar-refractivity contribution < 1.29 is 29.1 Å². The molecule has 2 aliphatic heterocycles. The highest BCUT2D eigenvalue weighted by atomic mass is 16.5. The monoisotopic (exact) mass is 395 g/mol. The largest absolute Gasteiger partial charge is 0.535 e. The number of carbonyl (C=O) groups excluding carboxylic acids is 1. The van der Waals surface area contributed by atoms with E-state index in [-0.39, 0.29) is 29.1 Å². The second-order valence-electron chi connectivity index (χ2n) is 7.37. The summed E-state index contributed by atoms with van der Waals surface area (Å²) in [6.07, 6.45) is 1.83. The van der Waals surface area contributed by atoms with E-state index in [0.29, 0.717) is 38.7 Å². The van der Waals surface area contributed by atoms with Crippen LogP contribution in [0.2, 0.25) is 6.32 Å². The van der Waals surface area contributed by atoms with Gasteiger partial charge in [0.15, 0.2) is 0 Å². The third kappa shape index (κ3) is 4.22. The average molecular weight is 395 g/mol. The normalized spacial score (nSPS) is 15.9. The maximum absolute atomic E-state index is 12.3. The minimum atomic E-state index is -1.17. The fourth-order valence-electron chi connectivity index (χ4n) is 3.66. The molecule has 0 aliphatic carbocycles. The molecule has 0 spiro atoms. The van der Waals surface area contributed by atoms with Gasteiger partial charge >= 0.3 is 13.1 Å². The molecule has 150 valence electrons. The third-order valence-corrected chi connectivity index (χ3v) is 5.29. The van der Waals surface area contributed by atoms with Gasteiger partial charge in [-0.05, 0) is 36.4 Å². The second kappa shape index (κ2) is 8.17. The fraction of sp³-hybridized carbons (Fsp3) is 0.333. The highest BCUT2D eigenvalue weighted by molar-refractivity contribution is 6.44. The van der Waals surface area contributed by atoms with Crippen LogP contribution in [0, 0.1) is 0 Å². The first kappa shape index (κ1) is 19.3. The molecule has 1 fully saturated rings. The Morgan fingerprint density at radius 2 is 1.93 bits per heavy atom. The number of carboxylic acid groups (broad SMARTS) is 1. The Balaban J connectivity index is 1.36. The summed E-state index contributed by atoms with van der Waals surface area (Å²) >= 11 is 0. The molecule has 0 bridgehead atoms. The number of ether oxygens (including phenoxy) is 1. The smallest absolute Gasteiger partial charge is 0.522 e. The zero-order valence-corrected chi connectivity index (χ0v) is 15.9. The van der Waals surface area contributed by atoms with Gasteiger partial charge in [0.25, 0.3) is 0 Å². The molecule has 0 radical (unpaired) electrons. The first-order chi connectivity index (χ1) is 14.0. The van der Waals surface area contributed by atoms with Crippen LogP contribution in [0.15, 0.2) is 42.5 Å². The number of aryl methyl sites for hydroxylation is 2. The predicted molar refractivity (Wildman–Crippen MR) is 106 cm³/mol. The molecule has 2 aromatic rings. The Morgan fingerprint density at radius 1 is 1.17 bits per heavy atom. The molecule has 2 aliphatic rings. The van der Waals surface area contributed by atoms with Gasteiger partial charge in [0.1, 0.15) is 23.2 Å². The number of aromatic carboxylic acids is 1. The summed E-state index contributed by atoms with van der Waals surface area (Å²) in [6, 6.07) is 13.2. The van der Waals surface area contributed by atoms with E-state index in [2.05, 4.69) is 0 Å². The van der Waals surface area contributed by atoms with Crippen LogP contribution >= 0.6 is 0 Å². The van der Waals surface area contributed by atoms with Gasteiger partial charge in [-0.3, -0.25) is 4.79 Å². The lowest BCUT2D eigenvalue weighted by Crippen LogP contribution is -2.56. The summed E-state index contributed by atoms with van der Waals surface area (Å²) in [7, 11) is -1.02. The molecule has 0 saturated carbocycles. The fourth-order valence-corrected chi connectivity index (χ4v) is 3.66. The van der Waals surface area contributed by atoms with Crippen molar-refractivity contribution in [2.24, 2.45) is 0 Å². The lowest BCUT2D eigenvalue weighted by Gasteiger charge is -2.39. The number of likely N-dealkylation sites (tertiary alicyclic amines) is 1. The van der Waals surface area contributed by atoms with E-state index < -0.39 is 13.1 Å². The van der Waals surface area contributed by atoms with Crippen LogP contribution in [0.25, 0.3) is 0 Å². The highest BCUT2D eigenvalue weighted by Crippen LogP contribution is 2.37. The van der Waals surface area contributed by atoms with Crippen LogP contribution in [-0.2, 0) is 17.6 Å². The van der Waals surface area contributed by atoms with Gasteiger partial charge in [0.05, 0.1) is 13.1 Å². The van der Waals surface area contributed by atoms with Crippen molar-refractivity contribution in [2.75, 3.05) is 13.1 Å². The summed E-state index contributed by atoms with van der Waals surface area (Å²) in [4.78, 5) is 25.8. The number of carboxylic acids is 1. The number of amides is 1. The van der Waals surface area contributed by atoms with Gasteiger partial charge in [0, 0.05) is 6.42 Å². The van der Waals surface area contributed by atoms with Crippen LogP contribution in [0.3, 0.4) is 0 Å². The van der Waals surface area contributed by atoms with Gasteiger partial charge in [0.2, 0.25) is 5.91 Å². The molecular weight excluding hydrogens is 373 g/mol. The standard InChI is InChI=1S/C21H22BNO6/c24-18(9-6-14-4-2-1-3-5-14)23-12-16(13-23)28-17-8-7-15-10-11-22(27)29-20(15)19(17)21(25)26/h1-5,7-8,16,27H,6,9-13H2,(H,25,26).